The Bertz CT molecular complexity index is 536. The molecule has 2 atom stereocenters. The normalized spacial score (nSPS) is 19.7. The molecule has 0 saturated carbocycles. The number of carbonyl (C=O) groups is 1. The summed E-state index contributed by atoms with van der Waals surface area (Å²) in [5.74, 6) is -0.300. The fourth-order valence-corrected chi connectivity index (χ4v) is 4.59. The lowest BCUT2D eigenvalue weighted by atomic mass is 10.1. The first-order valence-electron chi connectivity index (χ1n) is 12.1. The molecule has 1 rings (SSSR count). The van der Waals surface area contributed by atoms with E-state index in [2.05, 4.69) is 30.9 Å². The molecule has 0 radical (unpaired) electrons. The summed E-state index contributed by atoms with van der Waals surface area (Å²) in [5.41, 5.74) is 0. The molecule has 0 aromatic heterocycles. The summed E-state index contributed by atoms with van der Waals surface area (Å²) in [6.45, 7) is -0.924. The van der Waals surface area contributed by atoms with Crippen LogP contribution in [0.4, 0.5) is 0 Å². The molecular weight excluding hydrogens is 435 g/mol. The first-order chi connectivity index (χ1) is 14.9. The summed E-state index contributed by atoms with van der Waals surface area (Å²) in [6.07, 6.45) is 19.9. The molecule has 0 aromatic carbocycles. The van der Waals surface area contributed by atoms with E-state index in [-0.39, 0.29) is 12.6 Å². The predicted octanol–water partition coefficient (Wildman–Crippen LogP) is 5.95. The molecule has 1 saturated heterocycles. The van der Waals surface area contributed by atoms with Crippen molar-refractivity contribution in [2.24, 2.45) is 0 Å². The van der Waals surface area contributed by atoms with Crippen molar-refractivity contribution >= 4 is 24.5 Å². The van der Waals surface area contributed by atoms with E-state index < -0.39 is 18.9 Å². The van der Waals surface area contributed by atoms with E-state index in [0.29, 0.717) is 19.4 Å². The topological polar surface area (TPSA) is 85.2 Å². The number of ether oxygens (including phenoxy) is 2. The van der Waals surface area contributed by atoms with Gasteiger partial charge in [-0.25, -0.2) is 0 Å². The van der Waals surface area contributed by atoms with Crippen LogP contribution in [0, 0.1) is 0 Å². The third-order valence-corrected chi connectivity index (χ3v) is 6.25. The molecule has 0 spiro atoms. The summed E-state index contributed by atoms with van der Waals surface area (Å²) >= 11 is 4.52. The molecule has 1 aliphatic heterocycles. The zero-order chi connectivity index (χ0) is 22.8. The molecule has 1 fully saturated rings. The first kappa shape index (κ1) is 28.7. The molecule has 0 aromatic rings. The van der Waals surface area contributed by atoms with Crippen LogP contribution in [-0.2, 0) is 30.6 Å². The zero-order valence-corrected chi connectivity index (χ0v) is 20.9. The molecule has 6 nitrogen and oxygen atoms in total. The predicted molar refractivity (Wildman–Crippen MR) is 128 cm³/mol. The van der Waals surface area contributed by atoms with Crippen LogP contribution in [0.1, 0.15) is 103 Å². The molecule has 0 amide bonds. The standard InChI is InChI=1S/C23H43O6PS/c1-2-3-4-5-6-7-8-9-10-11-12-13-14-15-16-17-23(24)28-22-20-27-19-18-21(22)29-30(25,26)31/h9-10,21-22H,2-8,11-20H2,1H3,(H2,25,26,31)/b10-9+/t21-,22+/m0/s1. The molecule has 1 aliphatic rings. The zero-order valence-electron chi connectivity index (χ0n) is 19.2. The Morgan fingerprint density at radius 3 is 2.16 bits per heavy atom. The van der Waals surface area contributed by atoms with Crippen molar-refractivity contribution in [3.05, 3.63) is 12.2 Å². The van der Waals surface area contributed by atoms with Crippen LogP contribution in [0.3, 0.4) is 0 Å². The van der Waals surface area contributed by atoms with Crippen molar-refractivity contribution in [3.63, 3.8) is 0 Å². The van der Waals surface area contributed by atoms with E-state index in [9.17, 15) is 14.6 Å². The van der Waals surface area contributed by atoms with Crippen LogP contribution in [0.25, 0.3) is 0 Å². The molecule has 0 unspecified atom stereocenters. The fourth-order valence-electron chi connectivity index (χ4n) is 3.67. The summed E-state index contributed by atoms with van der Waals surface area (Å²) in [6, 6.07) is 0. The third-order valence-electron chi connectivity index (χ3n) is 5.44. The van der Waals surface area contributed by atoms with Gasteiger partial charge in [-0.1, -0.05) is 70.4 Å². The van der Waals surface area contributed by atoms with Gasteiger partial charge in [-0.2, -0.15) is 0 Å². The molecule has 1 heterocycles. The van der Waals surface area contributed by atoms with Gasteiger partial charge in [0.25, 0.3) is 0 Å². The Labute approximate surface area is 194 Å². The van der Waals surface area contributed by atoms with Crippen molar-refractivity contribution in [2.75, 3.05) is 13.2 Å². The minimum atomic E-state index is -3.79. The Morgan fingerprint density at radius 1 is 0.968 bits per heavy atom. The Kier molecular flexibility index (Phi) is 16.8. The van der Waals surface area contributed by atoms with Gasteiger partial charge in [-0.15, -0.1) is 0 Å². The molecule has 31 heavy (non-hydrogen) atoms. The monoisotopic (exact) mass is 478 g/mol. The van der Waals surface area contributed by atoms with E-state index in [1.807, 2.05) is 0 Å². The number of hydrogen-bond acceptors (Lipinski definition) is 5. The van der Waals surface area contributed by atoms with Gasteiger partial charge in [-0.3, -0.25) is 4.79 Å². The van der Waals surface area contributed by atoms with Crippen LogP contribution in [-0.4, -0.2) is 41.2 Å². The average Bonchev–Trinajstić information content (AvgIpc) is 2.71. The molecule has 8 heteroatoms. The van der Waals surface area contributed by atoms with Gasteiger partial charge in [-0.05, 0) is 43.9 Å². The summed E-state index contributed by atoms with van der Waals surface area (Å²) in [4.78, 5) is 30.8. The minimum absolute atomic E-state index is 0.193. The van der Waals surface area contributed by atoms with Crippen molar-refractivity contribution in [1.29, 1.82) is 0 Å². The lowest BCUT2D eigenvalue weighted by Crippen LogP contribution is -2.41. The smallest absolute Gasteiger partial charge is 0.322 e. The van der Waals surface area contributed by atoms with Crippen molar-refractivity contribution in [3.8, 4) is 0 Å². The second kappa shape index (κ2) is 18.2. The number of carbonyl (C=O) groups excluding carboxylic acids is 1. The number of hydrogen-bond donors (Lipinski definition) is 2. The van der Waals surface area contributed by atoms with Crippen molar-refractivity contribution < 1.29 is 28.6 Å². The van der Waals surface area contributed by atoms with E-state index >= 15 is 0 Å². The van der Waals surface area contributed by atoms with E-state index in [1.165, 1.54) is 57.8 Å². The molecule has 2 N–H and O–H groups in total. The van der Waals surface area contributed by atoms with Crippen LogP contribution in [0.5, 0.6) is 0 Å². The molecule has 182 valence electrons. The average molecular weight is 479 g/mol. The SMILES string of the molecule is CCCCCCCC/C=C/CCCCCCCC(=O)O[C@@H]1COCC[C@@H]1OP(O)(O)=S. The minimum Gasteiger partial charge on any atom is -0.457 e. The van der Waals surface area contributed by atoms with Gasteiger partial charge in [0.1, 0.15) is 6.10 Å². The summed E-state index contributed by atoms with van der Waals surface area (Å²) in [7, 11) is 0. The van der Waals surface area contributed by atoms with Gasteiger partial charge in [0.05, 0.1) is 6.61 Å². The second-order valence-corrected chi connectivity index (χ2v) is 11.0. The highest BCUT2D eigenvalue weighted by molar-refractivity contribution is 8.06. The van der Waals surface area contributed by atoms with E-state index in [4.69, 9.17) is 14.0 Å². The van der Waals surface area contributed by atoms with Crippen LogP contribution < -0.4 is 0 Å². The highest BCUT2D eigenvalue weighted by Crippen LogP contribution is 2.40. The number of esters is 1. The fraction of sp³-hybridized carbons (Fsp3) is 0.870. The highest BCUT2D eigenvalue weighted by Gasteiger charge is 2.33. The summed E-state index contributed by atoms with van der Waals surface area (Å²) < 4.78 is 15.8. The Balaban J connectivity index is 1.98. The quantitative estimate of drug-likeness (QED) is 0.109. The molecular formula is C23H43O6PS. The Hall–Kier alpha value is -0.300. The van der Waals surface area contributed by atoms with Crippen LogP contribution in [0.15, 0.2) is 12.2 Å². The lowest BCUT2D eigenvalue weighted by Gasteiger charge is -2.31. The molecule has 0 aliphatic carbocycles. The van der Waals surface area contributed by atoms with Gasteiger partial charge in [0, 0.05) is 19.4 Å². The maximum absolute atomic E-state index is 12.1. The largest absolute Gasteiger partial charge is 0.457 e. The van der Waals surface area contributed by atoms with Crippen molar-refractivity contribution in [2.45, 2.75) is 115 Å². The van der Waals surface area contributed by atoms with Crippen molar-refractivity contribution in [1.82, 2.24) is 0 Å². The highest BCUT2D eigenvalue weighted by atomic mass is 32.5. The second-order valence-electron chi connectivity index (χ2n) is 8.36. The van der Waals surface area contributed by atoms with Crippen LogP contribution >= 0.6 is 6.72 Å². The lowest BCUT2D eigenvalue weighted by molar-refractivity contribution is -0.165. The number of unbranched alkanes of at least 4 members (excludes halogenated alkanes) is 11. The third kappa shape index (κ3) is 16.9. The van der Waals surface area contributed by atoms with Gasteiger partial charge in [0.2, 0.25) is 0 Å². The first-order valence-corrected chi connectivity index (χ1v) is 14.7. The number of allylic oxidation sites excluding steroid dienone is 2. The maximum Gasteiger partial charge on any atom is 0.322 e. The number of rotatable bonds is 18. The van der Waals surface area contributed by atoms with Gasteiger partial charge in [0.15, 0.2) is 6.10 Å². The van der Waals surface area contributed by atoms with Gasteiger partial charge >= 0.3 is 12.7 Å². The molecule has 0 bridgehead atoms. The maximum atomic E-state index is 12.1. The Morgan fingerprint density at radius 2 is 1.55 bits per heavy atom. The van der Waals surface area contributed by atoms with E-state index in [0.717, 1.165) is 25.7 Å². The summed E-state index contributed by atoms with van der Waals surface area (Å²) in [5, 5.41) is 0. The van der Waals surface area contributed by atoms with Gasteiger partial charge < -0.3 is 23.8 Å². The van der Waals surface area contributed by atoms with E-state index in [1.54, 1.807) is 0 Å². The van der Waals surface area contributed by atoms with Crippen LogP contribution in [0.2, 0.25) is 0 Å².